The van der Waals surface area contributed by atoms with Crippen LogP contribution in [0.25, 0.3) is 0 Å². The fraction of sp³-hybridized carbons (Fsp3) is 0.750. The number of ether oxygens (including phenoxy) is 1. The van der Waals surface area contributed by atoms with Gasteiger partial charge < -0.3 is 22.4 Å². The highest BCUT2D eigenvalue weighted by atomic mass is 28.4. The van der Waals surface area contributed by atoms with E-state index in [-0.39, 0.29) is 13.2 Å². The summed E-state index contributed by atoms with van der Waals surface area (Å²) in [5.74, 6) is -0.400. The quantitative estimate of drug-likeness (QED) is 0.250. The van der Waals surface area contributed by atoms with E-state index < -0.39 is 15.0 Å². The number of hydrogen-bond acceptors (Lipinski definition) is 6. The fourth-order valence-corrected chi connectivity index (χ4v) is 3.17. The van der Waals surface area contributed by atoms with Gasteiger partial charge in [-0.25, -0.2) is 4.79 Å². The van der Waals surface area contributed by atoms with E-state index in [0.717, 1.165) is 0 Å². The molecule has 0 N–H and O–H groups in total. The molecule has 0 amide bonds. The Morgan fingerprint density at radius 3 is 1.89 bits per heavy atom. The maximum absolute atomic E-state index is 11.1. The largest absolute Gasteiger partial charge is 0.679 e. The van der Waals surface area contributed by atoms with E-state index in [4.69, 9.17) is 22.4 Å². The molecule has 0 aliphatic carbocycles. The van der Waals surface area contributed by atoms with E-state index in [9.17, 15) is 4.79 Å². The summed E-state index contributed by atoms with van der Waals surface area (Å²) >= 11 is 0. The van der Waals surface area contributed by atoms with Crippen LogP contribution >= 0.6 is 0 Å². The molecule has 0 atom stereocenters. The lowest BCUT2D eigenvalue weighted by Gasteiger charge is -2.26. The second-order valence-corrected chi connectivity index (χ2v) is 5.47. The van der Waals surface area contributed by atoms with Crippen LogP contribution in [0.5, 0.6) is 0 Å². The molecule has 19 heavy (non-hydrogen) atoms. The van der Waals surface area contributed by atoms with Crippen molar-refractivity contribution in [1.29, 1.82) is 0 Å². The summed E-state index contributed by atoms with van der Waals surface area (Å²) in [4.78, 5) is 11.1. The molecule has 0 aromatic rings. The zero-order valence-electron chi connectivity index (χ0n) is 12.1. The minimum Gasteiger partial charge on any atom is -0.460 e. The third kappa shape index (κ3) is 8.12. The van der Waals surface area contributed by atoms with Gasteiger partial charge in [-0.2, -0.15) is 0 Å². The van der Waals surface area contributed by atoms with Crippen LogP contribution in [0.4, 0.5) is 0 Å². The highest BCUT2D eigenvalue weighted by Gasteiger charge is 2.44. The minimum atomic E-state index is -3.10. The number of carbonyl (C=O) groups is 1. The summed E-state index contributed by atoms with van der Waals surface area (Å²) in [5, 5.41) is 0. The molecule has 112 valence electrons. The monoisotopic (exact) mass is 292 g/mol. The topological polar surface area (TPSA) is 63.2 Å². The molecule has 0 saturated heterocycles. The zero-order chi connectivity index (χ0) is 14.6. The van der Waals surface area contributed by atoms with Crippen molar-refractivity contribution < 1.29 is 27.2 Å². The minimum absolute atomic E-state index is 0.130. The van der Waals surface area contributed by atoms with E-state index in [1.165, 1.54) is 6.08 Å². The number of allylic oxidation sites excluding steroid dienone is 1. The molecule has 0 unspecified atom stereocenters. The Bertz CT molecular complexity index is 252. The normalized spacial score (nSPS) is 12.0. The second kappa shape index (κ2) is 11.1. The summed E-state index contributed by atoms with van der Waals surface area (Å²) in [6.45, 7) is 8.88. The molecule has 0 aliphatic heterocycles. The van der Waals surface area contributed by atoms with Crippen LogP contribution in [0.1, 0.15) is 27.7 Å². The van der Waals surface area contributed by atoms with Crippen molar-refractivity contribution in [1.82, 2.24) is 0 Å². The SMILES string of the molecule is CC=CC(=O)OCCO[Si](OCC)(OCC)OCC. The van der Waals surface area contributed by atoms with Crippen LogP contribution < -0.4 is 0 Å². The van der Waals surface area contributed by atoms with E-state index in [0.29, 0.717) is 19.8 Å². The van der Waals surface area contributed by atoms with Gasteiger partial charge >= 0.3 is 15.0 Å². The Labute approximate surface area is 116 Å². The highest BCUT2D eigenvalue weighted by Crippen LogP contribution is 2.11. The van der Waals surface area contributed by atoms with Gasteiger partial charge in [0.2, 0.25) is 0 Å². The van der Waals surface area contributed by atoms with Gasteiger partial charge in [-0.3, -0.25) is 0 Å². The standard InChI is InChI=1S/C12H24O6Si/c1-5-9-12(13)14-10-11-18-19(15-6-2,16-7-3)17-8-4/h5,9H,6-8,10-11H2,1-4H3. The van der Waals surface area contributed by atoms with Gasteiger partial charge in [0.25, 0.3) is 0 Å². The first-order valence-corrected chi connectivity index (χ1v) is 8.12. The van der Waals surface area contributed by atoms with Crippen molar-refractivity contribution in [3.63, 3.8) is 0 Å². The average Bonchev–Trinajstić information content (AvgIpc) is 2.36. The first kappa shape index (κ1) is 18.3. The van der Waals surface area contributed by atoms with Crippen LogP contribution in [0.3, 0.4) is 0 Å². The molecular formula is C12H24O6Si. The van der Waals surface area contributed by atoms with Gasteiger partial charge in [0.05, 0.1) is 6.61 Å². The molecule has 0 aromatic carbocycles. The molecule has 0 rings (SSSR count). The second-order valence-electron chi connectivity index (χ2n) is 3.31. The van der Waals surface area contributed by atoms with Crippen molar-refractivity contribution in [3.05, 3.63) is 12.2 Å². The van der Waals surface area contributed by atoms with Gasteiger partial charge in [0, 0.05) is 25.9 Å². The van der Waals surface area contributed by atoms with Crippen LogP contribution in [0, 0.1) is 0 Å². The number of esters is 1. The highest BCUT2D eigenvalue weighted by molar-refractivity contribution is 6.53. The van der Waals surface area contributed by atoms with Crippen molar-refractivity contribution in [3.8, 4) is 0 Å². The number of hydrogen-bond donors (Lipinski definition) is 0. The summed E-state index contributed by atoms with van der Waals surface area (Å²) in [7, 11) is -3.10. The van der Waals surface area contributed by atoms with E-state index in [2.05, 4.69) is 0 Å². The van der Waals surface area contributed by atoms with Crippen molar-refractivity contribution in [2.45, 2.75) is 27.7 Å². The maximum Gasteiger partial charge on any atom is 0.679 e. The van der Waals surface area contributed by atoms with Crippen molar-refractivity contribution in [2.24, 2.45) is 0 Å². The lowest BCUT2D eigenvalue weighted by Crippen LogP contribution is -2.50. The Morgan fingerprint density at radius 1 is 0.947 bits per heavy atom. The maximum atomic E-state index is 11.1. The molecular weight excluding hydrogens is 268 g/mol. The Balaban J connectivity index is 4.20. The molecule has 0 spiro atoms. The lowest BCUT2D eigenvalue weighted by atomic mass is 10.5. The summed E-state index contributed by atoms with van der Waals surface area (Å²) in [5.41, 5.74) is 0. The summed E-state index contributed by atoms with van der Waals surface area (Å²) in [6, 6.07) is 0. The van der Waals surface area contributed by atoms with Crippen LogP contribution in [0.15, 0.2) is 12.2 Å². The molecule has 0 aromatic heterocycles. The molecule has 7 heteroatoms. The summed E-state index contributed by atoms with van der Waals surface area (Å²) in [6.07, 6.45) is 2.96. The average molecular weight is 292 g/mol. The smallest absolute Gasteiger partial charge is 0.460 e. The van der Waals surface area contributed by atoms with E-state index in [1.807, 2.05) is 20.8 Å². The van der Waals surface area contributed by atoms with Crippen LogP contribution in [-0.2, 0) is 27.2 Å². The van der Waals surface area contributed by atoms with Crippen molar-refractivity contribution >= 4 is 15.0 Å². The van der Waals surface area contributed by atoms with E-state index >= 15 is 0 Å². The Hall–Kier alpha value is -0.733. The first-order valence-electron chi connectivity index (χ1n) is 6.49. The first-order chi connectivity index (χ1) is 9.14. The van der Waals surface area contributed by atoms with Gasteiger partial charge in [0.1, 0.15) is 6.61 Å². The number of carbonyl (C=O) groups excluding carboxylic acids is 1. The van der Waals surface area contributed by atoms with Gasteiger partial charge in [0.15, 0.2) is 0 Å². The predicted molar refractivity (Wildman–Crippen MR) is 72.4 cm³/mol. The van der Waals surface area contributed by atoms with Crippen LogP contribution in [0.2, 0.25) is 0 Å². The molecule has 0 saturated carbocycles. The van der Waals surface area contributed by atoms with Gasteiger partial charge in [-0.05, 0) is 27.7 Å². The molecule has 0 radical (unpaired) electrons. The van der Waals surface area contributed by atoms with E-state index in [1.54, 1.807) is 13.0 Å². The molecule has 6 nitrogen and oxygen atoms in total. The molecule has 0 aliphatic rings. The van der Waals surface area contributed by atoms with Gasteiger partial charge in [-0.1, -0.05) is 6.08 Å². The summed E-state index contributed by atoms with van der Waals surface area (Å²) < 4.78 is 26.9. The van der Waals surface area contributed by atoms with Crippen LogP contribution in [-0.4, -0.2) is 48.1 Å². The lowest BCUT2D eigenvalue weighted by molar-refractivity contribution is -0.139. The Morgan fingerprint density at radius 2 is 1.47 bits per heavy atom. The molecule has 0 fully saturated rings. The molecule has 0 bridgehead atoms. The van der Waals surface area contributed by atoms with Gasteiger partial charge in [-0.15, -0.1) is 0 Å². The van der Waals surface area contributed by atoms with Crippen molar-refractivity contribution in [2.75, 3.05) is 33.0 Å². The molecule has 0 heterocycles. The number of rotatable bonds is 11. The third-order valence-corrected chi connectivity index (χ3v) is 4.36. The predicted octanol–water partition coefficient (Wildman–Crippen LogP) is 1.67. The zero-order valence-corrected chi connectivity index (χ0v) is 13.1. The third-order valence-electron chi connectivity index (χ3n) is 1.87. The Kier molecular flexibility index (Phi) is 10.7. The fourth-order valence-electron chi connectivity index (χ4n) is 1.27.